The Labute approximate surface area is 122 Å². The molecular formula is C14H17ClN2O3. The number of aliphatic hydroxyl groups is 1. The summed E-state index contributed by atoms with van der Waals surface area (Å²) in [5.74, 6) is -0.188. The maximum Gasteiger partial charge on any atom is 0.270 e. The van der Waals surface area contributed by atoms with Crippen LogP contribution in [-0.2, 0) is 4.74 Å². The monoisotopic (exact) mass is 296 g/mol. The van der Waals surface area contributed by atoms with E-state index < -0.39 is 6.10 Å². The molecule has 0 aliphatic heterocycles. The van der Waals surface area contributed by atoms with E-state index in [4.69, 9.17) is 16.3 Å². The number of aromatic nitrogens is 1. The van der Waals surface area contributed by atoms with Gasteiger partial charge in [0.25, 0.3) is 5.91 Å². The average Bonchev–Trinajstić information content (AvgIpc) is 2.80. The summed E-state index contributed by atoms with van der Waals surface area (Å²) in [5.41, 5.74) is 1.32. The number of H-pyrrole nitrogens is 1. The lowest BCUT2D eigenvalue weighted by Gasteiger charge is -2.19. The molecule has 20 heavy (non-hydrogen) atoms. The number of amides is 1. The number of halogens is 1. The molecule has 5 nitrogen and oxygen atoms in total. The number of methoxy groups -OCH3 is 1. The molecule has 0 aliphatic rings. The van der Waals surface area contributed by atoms with Gasteiger partial charge in [0, 0.05) is 36.6 Å². The summed E-state index contributed by atoms with van der Waals surface area (Å²) in [6.45, 7) is 0.405. The minimum atomic E-state index is -0.701. The number of hydrogen-bond acceptors (Lipinski definition) is 3. The predicted octanol–water partition coefficient (Wildman–Crippen LogP) is 1.90. The van der Waals surface area contributed by atoms with Crippen molar-refractivity contribution in [2.24, 2.45) is 0 Å². The Hall–Kier alpha value is -1.56. The van der Waals surface area contributed by atoms with Crippen molar-refractivity contribution in [3.63, 3.8) is 0 Å². The number of nitrogens with zero attached hydrogens (tertiary/aromatic N) is 1. The standard InChI is InChI=1S/C14H17ClN2O3/c1-17(7-11(18)8-20-2)14(19)13-6-9-5-10(15)3-4-12(9)16-13/h3-6,11,16,18H,7-8H2,1-2H3. The van der Waals surface area contributed by atoms with Crippen molar-refractivity contribution in [2.45, 2.75) is 6.10 Å². The first-order valence-electron chi connectivity index (χ1n) is 6.22. The van der Waals surface area contributed by atoms with Gasteiger partial charge in [-0.2, -0.15) is 0 Å². The number of nitrogens with one attached hydrogen (secondary N) is 1. The fourth-order valence-corrected chi connectivity index (χ4v) is 2.25. The molecule has 0 fully saturated rings. The van der Waals surface area contributed by atoms with Gasteiger partial charge in [-0.1, -0.05) is 11.6 Å². The molecule has 1 amide bonds. The third kappa shape index (κ3) is 3.30. The van der Waals surface area contributed by atoms with Crippen LogP contribution in [-0.4, -0.2) is 54.3 Å². The highest BCUT2D eigenvalue weighted by Gasteiger charge is 2.17. The minimum Gasteiger partial charge on any atom is -0.389 e. The molecule has 0 bridgehead atoms. The molecule has 0 radical (unpaired) electrons. The maximum absolute atomic E-state index is 12.2. The molecule has 1 aromatic heterocycles. The van der Waals surface area contributed by atoms with Crippen LogP contribution in [0, 0.1) is 0 Å². The summed E-state index contributed by atoms with van der Waals surface area (Å²) < 4.78 is 4.84. The van der Waals surface area contributed by atoms with Crippen LogP contribution in [0.5, 0.6) is 0 Å². The summed E-state index contributed by atoms with van der Waals surface area (Å²) in [7, 11) is 3.15. The van der Waals surface area contributed by atoms with Gasteiger partial charge in [0.2, 0.25) is 0 Å². The first-order chi connectivity index (χ1) is 9.51. The second-order valence-electron chi connectivity index (χ2n) is 4.71. The van der Waals surface area contributed by atoms with Crippen LogP contribution in [0.25, 0.3) is 10.9 Å². The topological polar surface area (TPSA) is 65.6 Å². The number of aliphatic hydroxyl groups excluding tert-OH is 1. The fraction of sp³-hybridized carbons (Fsp3) is 0.357. The second-order valence-corrected chi connectivity index (χ2v) is 5.15. The summed E-state index contributed by atoms with van der Waals surface area (Å²) >= 11 is 5.92. The van der Waals surface area contributed by atoms with Gasteiger partial charge < -0.3 is 19.7 Å². The molecule has 0 spiro atoms. The van der Waals surface area contributed by atoms with Crippen LogP contribution < -0.4 is 0 Å². The number of fused-ring (bicyclic) bond motifs is 1. The first kappa shape index (κ1) is 14.8. The third-order valence-corrected chi connectivity index (χ3v) is 3.24. The molecule has 108 valence electrons. The number of rotatable bonds is 5. The van der Waals surface area contributed by atoms with Crippen molar-refractivity contribution >= 4 is 28.4 Å². The normalized spacial score (nSPS) is 12.6. The molecule has 1 atom stereocenters. The van der Waals surface area contributed by atoms with E-state index in [0.29, 0.717) is 10.7 Å². The molecule has 1 unspecified atom stereocenters. The molecule has 1 heterocycles. The Bertz CT molecular complexity index is 611. The predicted molar refractivity (Wildman–Crippen MR) is 78.2 cm³/mol. The van der Waals surface area contributed by atoms with E-state index in [-0.39, 0.29) is 19.1 Å². The van der Waals surface area contributed by atoms with E-state index in [1.807, 2.05) is 6.07 Å². The largest absolute Gasteiger partial charge is 0.389 e. The zero-order valence-electron chi connectivity index (χ0n) is 11.4. The Morgan fingerprint density at radius 1 is 1.50 bits per heavy atom. The summed E-state index contributed by atoms with van der Waals surface area (Å²) in [4.78, 5) is 16.7. The smallest absolute Gasteiger partial charge is 0.270 e. The Balaban J connectivity index is 2.14. The molecule has 2 N–H and O–H groups in total. The Morgan fingerprint density at radius 2 is 2.25 bits per heavy atom. The number of carbonyl (C=O) groups is 1. The van der Waals surface area contributed by atoms with E-state index in [1.165, 1.54) is 12.0 Å². The maximum atomic E-state index is 12.2. The average molecular weight is 297 g/mol. The van der Waals surface area contributed by atoms with Crippen LogP contribution in [0.2, 0.25) is 5.02 Å². The van der Waals surface area contributed by atoms with Crippen molar-refractivity contribution in [3.05, 3.63) is 35.0 Å². The van der Waals surface area contributed by atoms with Crippen molar-refractivity contribution in [1.82, 2.24) is 9.88 Å². The molecule has 2 aromatic rings. The lowest BCUT2D eigenvalue weighted by Crippen LogP contribution is -2.36. The number of likely N-dealkylation sites (N-methyl/N-ethyl adjacent to an activating group) is 1. The Kier molecular flexibility index (Phi) is 4.65. The lowest BCUT2D eigenvalue weighted by molar-refractivity contribution is 0.0378. The van der Waals surface area contributed by atoms with Crippen molar-refractivity contribution < 1.29 is 14.6 Å². The highest BCUT2D eigenvalue weighted by atomic mass is 35.5. The Morgan fingerprint density at radius 3 is 2.95 bits per heavy atom. The quantitative estimate of drug-likeness (QED) is 0.886. The SMILES string of the molecule is COCC(O)CN(C)C(=O)c1cc2cc(Cl)ccc2[nH]1. The number of aromatic amines is 1. The van der Waals surface area contributed by atoms with Gasteiger partial charge in [-0.05, 0) is 24.3 Å². The van der Waals surface area contributed by atoms with Gasteiger partial charge >= 0.3 is 0 Å². The summed E-state index contributed by atoms with van der Waals surface area (Å²) in [5, 5.41) is 11.2. The van der Waals surface area contributed by atoms with Crippen molar-refractivity contribution in [2.75, 3.05) is 27.3 Å². The van der Waals surface area contributed by atoms with Crippen molar-refractivity contribution in [3.8, 4) is 0 Å². The number of hydrogen-bond donors (Lipinski definition) is 2. The van der Waals surface area contributed by atoms with Crippen LogP contribution in [0.3, 0.4) is 0 Å². The lowest BCUT2D eigenvalue weighted by atomic mass is 10.2. The van der Waals surface area contributed by atoms with Gasteiger partial charge in [-0.15, -0.1) is 0 Å². The van der Waals surface area contributed by atoms with Gasteiger partial charge in [0.05, 0.1) is 12.7 Å². The van der Waals surface area contributed by atoms with E-state index in [0.717, 1.165) is 10.9 Å². The van der Waals surface area contributed by atoms with Gasteiger partial charge in [0.1, 0.15) is 5.69 Å². The van der Waals surface area contributed by atoms with Crippen LogP contribution in [0.15, 0.2) is 24.3 Å². The molecule has 2 rings (SSSR count). The van der Waals surface area contributed by atoms with Crippen molar-refractivity contribution in [1.29, 1.82) is 0 Å². The van der Waals surface area contributed by atoms with Gasteiger partial charge in [-0.25, -0.2) is 0 Å². The van der Waals surface area contributed by atoms with Crippen LogP contribution in [0.1, 0.15) is 10.5 Å². The molecule has 0 saturated heterocycles. The van der Waals surface area contributed by atoms with E-state index in [2.05, 4.69) is 4.98 Å². The number of benzene rings is 1. The molecular weight excluding hydrogens is 280 g/mol. The minimum absolute atomic E-state index is 0.188. The zero-order chi connectivity index (χ0) is 14.7. The summed E-state index contributed by atoms with van der Waals surface area (Å²) in [6.07, 6.45) is -0.701. The molecule has 0 saturated carbocycles. The number of carbonyl (C=O) groups excluding carboxylic acids is 1. The highest BCUT2D eigenvalue weighted by Crippen LogP contribution is 2.20. The van der Waals surface area contributed by atoms with Crippen LogP contribution in [0.4, 0.5) is 0 Å². The summed E-state index contributed by atoms with van der Waals surface area (Å²) in [6, 6.07) is 7.14. The third-order valence-electron chi connectivity index (χ3n) is 3.00. The molecule has 0 aliphatic carbocycles. The van der Waals surface area contributed by atoms with E-state index >= 15 is 0 Å². The molecule has 1 aromatic carbocycles. The number of ether oxygens (including phenoxy) is 1. The zero-order valence-corrected chi connectivity index (χ0v) is 12.1. The highest BCUT2D eigenvalue weighted by molar-refractivity contribution is 6.31. The van der Waals surface area contributed by atoms with E-state index in [1.54, 1.807) is 25.2 Å². The molecule has 6 heteroatoms. The van der Waals surface area contributed by atoms with Gasteiger partial charge in [0.15, 0.2) is 0 Å². The first-order valence-corrected chi connectivity index (χ1v) is 6.60. The van der Waals surface area contributed by atoms with Crippen LogP contribution >= 0.6 is 11.6 Å². The van der Waals surface area contributed by atoms with E-state index in [9.17, 15) is 9.90 Å². The van der Waals surface area contributed by atoms with Gasteiger partial charge in [-0.3, -0.25) is 4.79 Å². The second kappa shape index (κ2) is 6.26. The fourth-order valence-electron chi connectivity index (χ4n) is 2.07.